The number of allylic oxidation sites excluding steroid dienone is 5. The third-order valence-corrected chi connectivity index (χ3v) is 4.92. The van der Waals surface area contributed by atoms with E-state index in [2.05, 4.69) is 26.5 Å². The summed E-state index contributed by atoms with van der Waals surface area (Å²) in [5.74, 6) is -0.660. The fourth-order valence-electron chi connectivity index (χ4n) is 2.44. The number of carbonyl (C=O) groups is 1. The first-order valence-corrected chi connectivity index (χ1v) is 10.9. The Labute approximate surface area is 174 Å². The normalized spacial score (nSPS) is 13.2. The lowest BCUT2D eigenvalue weighted by Crippen LogP contribution is -2.73. The number of H-pyrrole nitrogens is 1. The number of quaternary nitrogens is 1. The van der Waals surface area contributed by atoms with Crippen LogP contribution < -0.4 is 10.2 Å². The molecule has 6 N–H and O–H groups in total. The van der Waals surface area contributed by atoms with Gasteiger partial charge in [0.1, 0.15) is 11.0 Å². The Morgan fingerprint density at radius 1 is 1.45 bits per heavy atom. The molecular formula is C18H22N5O4S2+. The van der Waals surface area contributed by atoms with E-state index in [1.165, 1.54) is 6.26 Å². The van der Waals surface area contributed by atoms with Crippen LogP contribution in [0.2, 0.25) is 0 Å². The number of nitrogens with one attached hydrogen (secondary N) is 2. The van der Waals surface area contributed by atoms with Gasteiger partial charge in [0, 0.05) is 29.6 Å². The van der Waals surface area contributed by atoms with Gasteiger partial charge in [0.2, 0.25) is 5.16 Å². The largest absolute Gasteiger partial charge is 0.481 e. The number of aliphatic carboxylic acids is 1. The van der Waals surface area contributed by atoms with Gasteiger partial charge in [-0.15, -0.1) is 5.10 Å². The van der Waals surface area contributed by atoms with Crippen LogP contribution in [0.15, 0.2) is 53.9 Å². The number of benzene rings is 1. The van der Waals surface area contributed by atoms with Gasteiger partial charge in [-0.1, -0.05) is 30.5 Å². The zero-order valence-electron chi connectivity index (χ0n) is 15.9. The maximum Gasteiger partial charge on any atom is 0.313 e. The van der Waals surface area contributed by atoms with Crippen LogP contribution >= 0.6 is 11.8 Å². The number of rotatable bonds is 10. The van der Waals surface area contributed by atoms with Crippen molar-refractivity contribution in [2.24, 2.45) is 0 Å². The maximum absolute atomic E-state index is 11.4. The highest BCUT2D eigenvalue weighted by Crippen LogP contribution is 2.27. The molecule has 2 aromatic rings. The molecule has 0 fully saturated rings. The molecule has 154 valence electrons. The van der Waals surface area contributed by atoms with Crippen LogP contribution in [0, 0.1) is 0 Å². The molecule has 0 aliphatic heterocycles. The molecule has 1 atom stereocenters. The van der Waals surface area contributed by atoms with Crippen LogP contribution in [-0.2, 0) is 15.8 Å². The Morgan fingerprint density at radius 2 is 2.21 bits per heavy atom. The Hall–Kier alpha value is -2.73. The molecular weight excluding hydrogens is 414 g/mol. The second kappa shape index (κ2) is 10.7. The van der Waals surface area contributed by atoms with Gasteiger partial charge in [-0.25, -0.2) is 14.4 Å². The predicted octanol–water partition coefficient (Wildman–Crippen LogP) is 1.59. The summed E-state index contributed by atoms with van der Waals surface area (Å²) in [5.41, 5.74) is 4.42. The summed E-state index contributed by atoms with van der Waals surface area (Å²) < 4.78 is 14.2. The minimum Gasteiger partial charge on any atom is -0.481 e. The highest BCUT2D eigenvalue weighted by Gasteiger charge is 2.13. The zero-order valence-corrected chi connectivity index (χ0v) is 17.5. The molecule has 2 rings (SSSR count). The Kier molecular flexibility index (Phi) is 8.34. The highest BCUT2D eigenvalue weighted by atomic mass is 32.2. The maximum atomic E-state index is 11.4. The third-order valence-electron chi connectivity index (χ3n) is 3.47. The summed E-state index contributed by atoms with van der Waals surface area (Å²) in [6, 6.07) is 5.35. The van der Waals surface area contributed by atoms with Gasteiger partial charge in [0.15, 0.2) is 11.5 Å². The average Bonchev–Trinajstić information content (AvgIpc) is 3.14. The number of nitrogens with two attached hydrogens (primary N) is 1. The van der Waals surface area contributed by atoms with Gasteiger partial charge in [-0.3, -0.25) is 9.89 Å². The molecule has 0 amide bonds. The van der Waals surface area contributed by atoms with E-state index in [1.807, 2.05) is 12.1 Å². The molecule has 1 heterocycles. The summed E-state index contributed by atoms with van der Waals surface area (Å²) in [4.78, 5) is 15.0. The second-order valence-corrected chi connectivity index (χ2v) is 7.92. The van der Waals surface area contributed by atoms with Crippen molar-refractivity contribution in [3.8, 4) is 11.4 Å². The molecule has 1 aromatic heterocycles. The van der Waals surface area contributed by atoms with Crippen LogP contribution in [0.4, 0.5) is 5.69 Å². The monoisotopic (exact) mass is 436 g/mol. The Bertz CT molecular complexity index is 984. The second-order valence-electron chi connectivity index (χ2n) is 5.86. The van der Waals surface area contributed by atoms with E-state index >= 15 is 0 Å². The number of carboxylic acids is 1. The molecule has 0 radical (unpaired) electrons. The summed E-state index contributed by atoms with van der Waals surface area (Å²) in [6.07, 6.45) is 6.78. The van der Waals surface area contributed by atoms with Crippen LogP contribution in [-0.4, -0.2) is 47.7 Å². The van der Waals surface area contributed by atoms with E-state index in [1.54, 1.807) is 31.2 Å². The first kappa shape index (κ1) is 22.6. The number of hydrogen-bond acceptors (Lipinski definition) is 6. The van der Waals surface area contributed by atoms with Crippen molar-refractivity contribution in [1.82, 2.24) is 19.9 Å². The van der Waals surface area contributed by atoms with Gasteiger partial charge < -0.3 is 9.83 Å². The minimum absolute atomic E-state index is 0.144. The van der Waals surface area contributed by atoms with E-state index in [0.29, 0.717) is 27.9 Å². The molecule has 1 aromatic carbocycles. The third kappa shape index (κ3) is 6.98. The van der Waals surface area contributed by atoms with Crippen LogP contribution in [0.25, 0.3) is 17.0 Å². The number of thioether (sulfide) groups is 1. The van der Waals surface area contributed by atoms with Crippen molar-refractivity contribution >= 4 is 40.0 Å². The molecule has 1 unspecified atom stereocenters. The van der Waals surface area contributed by atoms with E-state index in [-0.39, 0.29) is 5.75 Å². The van der Waals surface area contributed by atoms with Crippen LogP contribution in [0.1, 0.15) is 12.5 Å². The first-order chi connectivity index (χ1) is 13.8. The van der Waals surface area contributed by atoms with E-state index in [9.17, 15) is 14.2 Å². The van der Waals surface area contributed by atoms with Gasteiger partial charge >= 0.3 is 5.97 Å². The van der Waals surface area contributed by atoms with Gasteiger partial charge in [0.25, 0.3) is 0 Å². The fourth-order valence-corrected chi connectivity index (χ4v) is 3.47. The molecule has 0 bridgehead atoms. The SMILES string of the molecule is C=C/C=C(\C=C(/C)NS(C)=O)c1cc([NH2+]O)cc(-c2nc(SCC(=O)O)n[nH]2)c1. The first-order valence-electron chi connectivity index (χ1n) is 8.33. The fraction of sp³-hybridized carbons (Fsp3) is 0.167. The molecule has 0 aliphatic rings. The molecule has 0 saturated carbocycles. The molecule has 11 heteroatoms. The van der Waals surface area contributed by atoms with Crippen molar-refractivity contribution in [2.75, 3.05) is 12.0 Å². The number of aromatic nitrogens is 3. The number of nitrogens with zero attached hydrogens (tertiary/aromatic N) is 2. The van der Waals surface area contributed by atoms with Crippen molar-refractivity contribution in [3.05, 3.63) is 54.3 Å². The smallest absolute Gasteiger partial charge is 0.313 e. The molecule has 0 spiro atoms. The number of hydrogen-bond donors (Lipinski definition) is 5. The van der Waals surface area contributed by atoms with Gasteiger partial charge in [0.05, 0.1) is 5.75 Å². The molecule has 29 heavy (non-hydrogen) atoms. The predicted molar refractivity (Wildman–Crippen MR) is 113 cm³/mol. The average molecular weight is 437 g/mol. The van der Waals surface area contributed by atoms with Crippen LogP contribution in [0.5, 0.6) is 0 Å². The van der Waals surface area contributed by atoms with Crippen molar-refractivity contribution in [1.29, 1.82) is 0 Å². The Morgan fingerprint density at radius 3 is 2.83 bits per heavy atom. The Balaban J connectivity index is 2.43. The van der Waals surface area contributed by atoms with Gasteiger partial charge in [-0.05, 0) is 30.2 Å². The minimum atomic E-state index is -1.20. The lowest BCUT2D eigenvalue weighted by Gasteiger charge is -2.09. The van der Waals surface area contributed by atoms with Crippen molar-refractivity contribution in [3.63, 3.8) is 0 Å². The van der Waals surface area contributed by atoms with Crippen LogP contribution in [0.3, 0.4) is 0 Å². The lowest BCUT2D eigenvalue weighted by atomic mass is 10.0. The summed E-state index contributed by atoms with van der Waals surface area (Å²) in [6.45, 7) is 5.53. The van der Waals surface area contributed by atoms with Gasteiger partial charge in [-0.2, -0.15) is 5.48 Å². The molecule has 0 saturated heterocycles. The standard InChI is InChI=1S/C18H21N5O4S2/c1-4-5-12(6-11(2)23-29(3)27)13-7-14(9-15(8-13)22-26)17-19-18(21-20-17)28-10-16(24)25/h4-9,22-23,26H,1,10H2,2-3H3,(H,24,25)(H,19,20,21)/p+1/b11-6+,12-5+. The van der Waals surface area contributed by atoms with Crippen molar-refractivity contribution < 1.29 is 24.8 Å². The van der Waals surface area contributed by atoms with E-state index in [4.69, 9.17) is 5.11 Å². The molecule has 9 nitrogen and oxygen atoms in total. The summed E-state index contributed by atoms with van der Waals surface area (Å²) >= 11 is 1.01. The van der Waals surface area contributed by atoms with E-state index in [0.717, 1.165) is 28.4 Å². The lowest BCUT2D eigenvalue weighted by molar-refractivity contribution is -0.825. The van der Waals surface area contributed by atoms with Crippen molar-refractivity contribution in [2.45, 2.75) is 12.1 Å². The highest BCUT2D eigenvalue weighted by molar-refractivity contribution is 7.99. The quantitative estimate of drug-likeness (QED) is 0.165. The summed E-state index contributed by atoms with van der Waals surface area (Å²) in [7, 11) is -1.20. The summed E-state index contributed by atoms with van der Waals surface area (Å²) in [5, 5.41) is 25.4. The molecule has 0 aliphatic carbocycles. The number of carboxylic acid groups (broad SMARTS) is 1. The van der Waals surface area contributed by atoms with E-state index < -0.39 is 17.0 Å². The topological polar surface area (TPSA) is 145 Å². The number of aromatic amines is 1. The zero-order chi connectivity index (χ0) is 21.4.